The molecule has 0 aliphatic heterocycles. The molecule has 4 N–H and O–H groups in total. The zero-order valence-electron chi connectivity index (χ0n) is 9.53. The van der Waals surface area contributed by atoms with Crippen LogP contribution in [0.5, 0.6) is 0 Å². The zero-order chi connectivity index (χ0) is 11.6. The van der Waals surface area contributed by atoms with Crippen molar-refractivity contribution in [3.8, 4) is 0 Å². The molecule has 0 saturated carbocycles. The monoisotopic (exact) mass is 238 g/mol. The van der Waals surface area contributed by atoms with Crippen LogP contribution in [0, 0.1) is 0 Å². The van der Waals surface area contributed by atoms with Gasteiger partial charge < -0.3 is 29.2 Å². The van der Waals surface area contributed by atoms with Crippen molar-refractivity contribution >= 4 is 9.05 Å². The first-order valence-corrected chi connectivity index (χ1v) is 6.83. The normalized spacial score (nSPS) is 12.0. The van der Waals surface area contributed by atoms with E-state index < -0.39 is 9.05 Å². The Morgan fingerprint density at radius 2 is 1.20 bits per heavy atom. The van der Waals surface area contributed by atoms with Gasteiger partial charge in [0.15, 0.2) is 0 Å². The van der Waals surface area contributed by atoms with Crippen LogP contribution in [0.1, 0.15) is 13.8 Å². The topological polar surface area (TPSA) is 89.0 Å². The van der Waals surface area contributed by atoms with E-state index in [4.69, 9.17) is 29.2 Å². The highest BCUT2D eigenvalue weighted by Gasteiger charge is 2.44. The van der Waals surface area contributed by atoms with Crippen molar-refractivity contribution in [3.63, 3.8) is 0 Å². The maximum Gasteiger partial charge on any atom is 0.679 e. The zero-order valence-corrected chi connectivity index (χ0v) is 10.5. The third-order valence-corrected chi connectivity index (χ3v) is 3.84. The van der Waals surface area contributed by atoms with Crippen LogP contribution in [-0.4, -0.2) is 48.6 Å². The van der Waals surface area contributed by atoms with Gasteiger partial charge in [0.05, 0.1) is 13.2 Å². The van der Waals surface area contributed by atoms with Crippen molar-refractivity contribution in [2.24, 2.45) is 11.5 Å². The number of rotatable bonds is 10. The molecule has 15 heavy (non-hydrogen) atoms. The molecule has 7 heteroatoms. The lowest BCUT2D eigenvalue weighted by atomic mass is 10.8. The number of hydrogen-bond donors (Lipinski definition) is 2. The smallest absolute Gasteiger partial charge is 0.351 e. The molecule has 0 rings (SSSR count). The van der Waals surface area contributed by atoms with Crippen LogP contribution in [0.3, 0.4) is 0 Å². The van der Waals surface area contributed by atoms with E-state index in [1.807, 2.05) is 13.8 Å². The molecule has 92 valence electrons. The lowest BCUT2D eigenvalue weighted by Gasteiger charge is -2.26. The van der Waals surface area contributed by atoms with Crippen LogP contribution < -0.4 is 11.5 Å². The Bertz CT molecular complexity index is 135. The lowest BCUT2D eigenvalue weighted by molar-refractivity contribution is -0.0269. The molecule has 0 aromatic carbocycles. The van der Waals surface area contributed by atoms with E-state index in [1.54, 1.807) is 0 Å². The van der Waals surface area contributed by atoms with Gasteiger partial charge in [-0.3, -0.25) is 0 Å². The Kier molecular flexibility index (Phi) is 9.21. The second-order valence-electron chi connectivity index (χ2n) is 2.64. The Labute approximate surface area is 92.3 Å². The quantitative estimate of drug-likeness (QED) is 0.496. The molecule has 0 aromatic rings. The van der Waals surface area contributed by atoms with Crippen molar-refractivity contribution in [3.05, 3.63) is 0 Å². The molecule has 0 bridgehead atoms. The van der Waals surface area contributed by atoms with Crippen LogP contribution in [-0.2, 0) is 17.7 Å². The molecule has 0 amide bonds. The first-order chi connectivity index (χ1) is 7.24. The van der Waals surface area contributed by atoms with E-state index in [0.717, 1.165) is 0 Å². The summed E-state index contributed by atoms with van der Waals surface area (Å²) in [5, 5.41) is 0. The summed E-state index contributed by atoms with van der Waals surface area (Å²) in [6.07, 6.45) is 0. The highest BCUT2D eigenvalue weighted by molar-refractivity contribution is 6.53. The molecule has 0 saturated heterocycles. The molecule has 0 atom stereocenters. The molecular formula is C8H22N2O4Si. The van der Waals surface area contributed by atoms with E-state index >= 15 is 0 Å². The standard InChI is InChI=1S/C8H22N2O4Si/c1-3-11-15(12-4-2,13-7-5-9)14-8-6-10/h3-10H2,1-2H3. The highest BCUT2D eigenvalue weighted by Crippen LogP contribution is 2.11. The third kappa shape index (κ3) is 6.20. The fourth-order valence-corrected chi connectivity index (χ4v) is 2.91. The van der Waals surface area contributed by atoms with Gasteiger partial charge in [0.1, 0.15) is 0 Å². The molecule has 0 radical (unpaired) electrons. The molecule has 0 aromatic heterocycles. The summed E-state index contributed by atoms with van der Waals surface area (Å²) in [7, 11) is -3.00. The molecule has 0 unspecified atom stereocenters. The lowest BCUT2D eigenvalue weighted by Crippen LogP contribution is -2.51. The Balaban J connectivity index is 4.26. The van der Waals surface area contributed by atoms with Gasteiger partial charge in [-0.05, 0) is 13.8 Å². The second-order valence-corrected chi connectivity index (χ2v) is 4.79. The highest BCUT2D eigenvalue weighted by atomic mass is 28.4. The van der Waals surface area contributed by atoms with Crippen LogP contribution in [0.15, 0.2) is 0 Å². The Hall–Kier alpha value is -0.0231. The van der Waals surface area contributed by atoms with Gasteiger partial charge >= 0.3 is 9.05 Å². The van der Waals surface area contributed by atoms with Crippen LogP contribution >= 0.6 is 0 Å². The van der Waals surface area contributed by atoms with Crippen molar-refractivity contribution in [2.75, 3.05) is 39.5 Å². The van der Waals surface area contributed by atoms with Gasteiger partial charge in [-0.1, -0.05) is 0 Å². The molecule has 0 aliphatic rings. The molecule has 0 heterocycles. The first-order valence-electron chi connectivity index (χ1n) is 5.20. The Morgan fingerprint density at radius 3 is 1.47 bits per heavy atom. The fourth-order valence-electron chi connectivity index (χ4n) is 0.971. The third-order valence-electron chi connectivity index (χ3n) is 1.44. The van der Waals surface area contributed by atoms with Crippen LogP contribution in [0.2, 0.25) is 0 Å². The van der Waals surface area contributed by atoms with E-state index in [9.17, 15) is 0 Å². The maximum absolute atomic E-state index is 5.45. The number of nitrogens with two attached hydrogens (primary N) is 2. The van der Waals surface area contributed by atoms with E-state index in [-0.39, 0.29) is 0 Å². The summed E-state index contributed by atoms with van der Waals surface area (Å²) in [5.41, 5.74) is 10.7. The molecule has 0 spiro atoms. The minimum atomic E-state index is -3.00. The summed E-state index contributed by atoms with van der Waals surface area (Å²) in [6.45, 7) is 6.19. The fraction of sp³-hybridized carbons (Fsp3) is 1.00. The maximum atomic E-state index is 5.45. The molecule has 6 nitrogen and oxygen atoms in total. The predicted octanol–water partition coefficient (Wildman–Crippen LogP) is -0.554. The Morgan fingerprint density at radius 1 is 0.800 bits per heavy atom. The average molecular weight is 238 g/mol. The van der Waals surface area contributed by atoms with E-state index in [2.05, 4.69) is 0 Å². The van der Waals surface area contributed by atoms with Gasteiger partial charge in [0, 0.05) is 26.3 Å². The van der Waals surface area contributed by atoms with Crippen molar-refractivity contribution < 1.29 is 17.7 Å². The molecule has 0 aliphatic carbocycles. The summed E-state index contributed by atoms with van der Waals surface area (Å²) in [6, 6.07) is 0. The first kappa shape index (κ1) is 15.0. The van der Waals surface area contributed by atoms with Gasteiger partial charge in [0.2, 0.25) is 0 Å². The summed E-state index contributed by atoms with van der Waals surface area (Å²) >= 11 is 0. The van der Waals surface area contributed by atoms with Crippen molar-refractivity contribution in [1.82, 2.24) is 0 Å². The van der Waals surface area contributed by atoms with E-state index in [1.165, 1.54) is 0 Å². The van der Waals surface area contributed by atoms with Gasteiger partial charge in [-0.2, -0.15) is 0 Å². The number of hydrogen-bond acceptors (Lipinski definition) is 6. The second kappa shape index (κ2) is 9.22. The van der Waals surface area contributed by atoms with E-state index in [0.29, 0.717) is 39.5 Å². The van der Waals surface area contributed by atoms with Crippen LogP contribution in [0.25, 0.3) is 0 Å². The van der Waals surface area contributed by atoms with Crippen molar-refractivity contribution in [1.29, 1.82) is 0 Å². The van der Waals surface area contributed by atoms with Gasteiger partial charge in [-0.25, -0.2) is 0 Å². The van der Waals surface area contributed by atoms with Crippen LogP contribution in [0.4, 0.5) is 0 Å². The largest absolute Gasteiger partial charge is 0.679 e. The summed E-state index contributed by atoms with van der Waals surface area (Å²) in [5.74, 6) is 0. The van der Waals surface area contributed by atoms with Gasteiger partial charge in [0.25, 0.3) is 0 Å². The molecule has 0 fully saturated rings. The minimum absolute atomic E-state index is 0.358. The van der Waals surface area contributed by atoms with Gasteiger partial charge in [-0.15, -0.1) is 0 Å². The SMILES string of the molecule is CCO[Si](OCC)(OCCN)OCCN. The van der Waals surface area contributed by atoms with Crippen molar-refractivity contribution in [2.45, 2.75) is 13.8 Å². The summed E-state index contributed by atoms with van der Waals surface area (Å²) < 4.78 is 21.8. The summed E-state index contributed by atoms with van der Waals surface area (Å²) in [4.78, 5) is 0. The average Bonchev–Trinajstić information content (AvgIpc) is 2.24. The predicted molar refractivity (Wildman–Crippen MR) is 59.0 cm³/mol. The minimum Gasteiger partial charge on any atom is -0.351 e. The molecular weight excluding hydrogens is 216 g/mol.